The lowest BCUT2D eigenvalue weighted by atomic mass is 9.91. The highest BCUT2D eigenvalue weighted by Crippen LogP contribution is 2.35. The topological polar surface area (TPSA) is 38.3 Å². The first kappa shape index (κ1) is 13.1. The second-order valence-corrected chi connectivity index (χ2v) is 4.62. The zero-order valence-electron chi connectivity index (χ0n) is 10.0. The quantitative estimate of drug-likeness (QED) is 0.846. The van der Waals surface area contributed by atoms with Crippen LogP contribution in [0.25, 0.3) is 5.76 Å². The monoisotopic (exact) mass is 265 g/mol. The van der Waals surface area contributed by atoms with Crippen LogP contribution in [-0.2, 0) is 9.53 Å². The summed E-state index contributed by atoms with van der Waals surface area (Å²) in [5.74, 6) is 0.808. The summed E-state index contributed by atoms with van der Waals surface area (Å²) in [6.07, 6.45) is 3.44. The summed E-state index contributed by atoms with van der Waals surface area (Å²) < 4.78 is 5.94. The molecule has 0 radical (unpaired) electrons. The second kappa shape index (κ2) is 5.12. The van der Waals surface area contributed by atoms with Gasteiger partial charge in [0.2, 0.25) is 5.78 Å². The highest BCUT2D eigenvalue weighted by atomic mass is 35.5. The Morgan fingerprint density at radius 3 is 2.67 bits per heavy atom. The van der Waals surface area contributed by atoms with Crippen LogP contribution in [0.5, 0.6) is 0 Å². The Bertz CT molecular complexity index is 464. The Hall–Kier alpha value is -1.32. The molecule has 4 heteroatoms. The first-order valence-electron chi connectivity index (χ1n) is 6.01. The summed E-state index contributed by atoms with van der Waals surface area (Å²) in [5.41, 5.74) is 0.340. The molecule has 1 N–H and O–H groups in total. The van der Waals surface area contributed by atoms with Gasteiger partial charge in [-0.25, -0.2) is 0 Å². The number of ether oxygens (including phenoxy) is 1. The van der Waals surface area contributed by atoms with E-state index in [1.165, 1.54) is 0 Å². The van der Waals surface area contributed by atoms with Gasteiger partial charge in [-0.05, 0) is 19.4 Å². The summed E-state index contributed by atoms with van der Waals surface area (Å²) in [6, 6.07) is 9.80. The molecule has 1 atom stereocenters. The molecule has 2 aliphatic heterocycles. The van der Waals surface area contributed by atoms with E-state index in [1.54, 1.807) is 6.08 Å². The molecule has 0 saturated carbocycles. The van der Waals surface area contributed by atoms with E-state index in [1.807, 2.05) is 30.3 Å². The van der Waals surface area contributed by atoms with Crippen molar-refractivity contribution in [3.8, 4) is 0 Å². The minimum absolute atomic E-state index is 0. The fraction of sp³-hybridized carbons (Fsp3) is 0.357. The maximum Gasteiger partial charge on any atom is 0.204 e. The first-order valence-corrected chi connectivity index (χ1v) is 6.01. The minimum Gasteiger partial charge on any atom is -0.477 e. The number of piperidine rings is 1. The van der Waals surface area contributed by atoms with Gasteiger partial charge < -0.3 is 10.1 Å². The zero-order chi connectivity index (χ0) is 11.7. The van der Waals surface area contributed by atoms with Crippen LogP contribution in [0.15, 0.2) is 36.4 Å². The number of halogens is 1. The Morgan fingerprint density at radius 2 is 2.00 bits per heavy atom. The molecule has 0 aliphatic carbocycles. The van der Waals surface area contributed by atoms with Crippen molar-refractivity contribution in [1.29, 1.82) is 0 Å². The fourth-order valence-electron chi connectivity index (χ4n) is 2.46. The lowest BCUT2D eigenvalue weighted by molar-refractivity contribution is -0.130. The average molecular weight is 266 g/mol. The molecule has 0 amide bonds. The Labute approximate surface area is 113 Å². The number of rotatable bonds is 1. The first-order chi connectivity index (χ1) is 8.30. The summed E-state index contributed by atoms with van der Waals surface area (Å²) in [5, 5.41) is 3.24. The Kier molecular flexibility index (Phi) is 3.73. The number of hydrogen-bond acceptors (Lipinski definition) is 3. The van der Waals surface area contributed by atoms with E-state index >= 15 is 0 Å². The van der Waals surface area contributed by atoms with Crippen LogP contribution in [0.4, 0.5) is 0 Å². The molecule has 0 aromatic heterocycles. The second-order valence-electron chi connectivity index (χ2n) is 4.62. The van der Waals surface area contributed by atoms with Crippen molar-refractivity contribution < 1.29 is 9.53 Å². The van der Waals surface area contributed by atoms with Gasteiger partial charge in [0.15, 0.2) is 5.60 Å². The molecule has 96 valence electrons. The Balaban J connectivity index is 0.00000120. The van der Waals surface area contributed by atoms with E-state index in [9.17, 15) is 4.79 Å². The normalized spacial score (nSPS) is 26.4. The maximum atomic E-state index is 12.1. The third kappa shape index (κ3) is 2.16. The average Bonchev–Trinajstić information content (AvgIpc) is 2.69. The van der Waals surface area contributed by atoms with Crippen LogP contribution in [0, 0.1) is 0 Å². The highest BCUT2D eigenvalue weighted by molar-refractivity contribution is 6.05. The predicted molar refractivity (Wildman–Crippen MR) is 72.6 cm³/mol. The van der Waals surface area contributed by atoms with Gasteiger partial charge in [-0.2, -0.15) is 0 Å². The van der Waals surface area contributed by atoms with Gasteiger partial charge in [0.25, 0.3) is 0 Å². The number of carbonyl (C=O) groups excluding carboxylic acids is 1. The van der Waals surface area contributed by atoms with Crippen LogP contribution < -0.4 is 5.32 Å². The van der Waals surface area contributed by atoms with E-state index in [0.717, 1.165) is 24.9 Å². The largest absolute Gasteiger partial charge is 0.477 e. The summed E-state index contributed by atoms with van der Waals surface area (Å²) in [6.45, 7) is 1.59. The number of carbonyl (C=O) groups is 1. The molecule has 2 aliphatic rings. The minimum atomic E-state index is -0.635. The van der Waals surface area contributed by atoms with Crippen LogP contribution >= 0.6 is 12.4 Å². The molecule has 3 rings (SSSR count). The lowest BCUT2D eigenvalue weighted by Gasteiger charge is -2.32. The number of benzene rings is 1. The van der Waals surface area contributed by atoms with Gasteiger partial charge >= 0.3 is 0 Å². The third-order valence-electron chi connectivity index (χ3n) is 3.42. The van der Waals surface area contributed by atoms with E-state index in [2.05, 4.69) is 5.32 Å². The van der Waals surface area contributed by atoms with Crippen molar-refractivity contribution in [2.75, 3.05) is 13.1 Å². The van der Waals surface area contributed by atoms with Crippen molar-refractivity contribution >= 4 is 23.9 Å². The molecular formula is C14H16ClNO2. The molecule has 1 spiro atoms. The van der Waals surface area contributed by atoms with Crippen molar-refractivity contribution in [2.45, 2.75) is 18.4 Å². The van der Waals surface area contributed by atoms with E-state index < -0.39 is 5.60 Å². The van der Waals surface area contributed by atoms with Gasteiger partial charge in [-0.1, -0.05) is 30.3 Å². The molecule has 1 unspecified atom stereocenters. The Morgan fingerprint density at radius 1 is 1.22 bits per heavy atom. The fourth-order valence-corrected chi connectivity index (χ4v) is 2.46. The van der Waals surface area contributed by atoms with Crippen molar-refractivity contribution in [3.63, 3.8) is 0 Å². The molecule has 1 aromatic rings. The van der Waals surface area contributed by atoms with Gasteiger partial charge in [-0.15, -0.1) is 12.4 Å². The molecule has 1 aromatic carbocycles. The number of nitrogens with one attached hydrogen (secondary N) is 1. The number of ketones is 1. The zero-order valence-corrected chi connectivity index (χ0v) is 10.8. The maximum absolute atomic E-state index is 12.1. The molecule has 1 fully saturated rings. The number of hydrogen-bond donors (Lipinski definition) is 1. The van der Waals surface area contributed by atoms with Crippen LogP contribution in [-0.4, -0.2) is 24.5 Å². The molecule has 3 nitrogen and oxygen atoms in total. The molecule has 2 heterocycles. The lowest BCUT2D eigenvalue weighted by Crippen LogP contribution is -2.50. The SMILES string of the molecule is Cl.O=C1C=C(c2ccccc2)OC12CCCNC2. The molecule has 1 saturated heterocycles. The highest BCUT2D eigenvalue weighted by Gasteiger charge is 2.45. The molecular weight excluding hydrogens is 250 g/mol. The summed E-state index contributed by atoms with van der Waals surface area (Å²) in [7, 11) is 0. The summed E-state index contributed by atoms with van der Waals surface area (Å²) in [4.78, 5) is 12.1. The predicted octanol–water partition coefficient (Wildman–Crippen LogP) is 2.17. The molecule has 18 heavy (non-hydrogen) atoms. The van der Waals surface area contributed by atoms with Crippen LogP contribution in [0.2, 0.25) is 0 Å². The third-order valence-corrected chi connectivity index (χ3v) is 3.42. The van der Waals surface area contributed by atoms with Gasteiger partial charge in [0.1, 0.15) is 5.76 Å². The van der Waals surface area contributed by atoms with E-state index in [-0.39, 0.29) is 18.2 Å². The van der Waals surface area contributed by atoms with Gasteiger partial charge in [0.05, 0.1) is 0 Å². The van der Waals surface area contributed by atoms with Crippen molar-refractivity contribution in [1.82, 2.24) is 5.32 Å². The van der Waals surface area contributed by atoms with Crippen molar-refractivity contribution in [2.24, 2.45) is 0 Å². The standard InChI is InChI=1S/C14H15NO2.ClH/c16-13-9-12(11-5-2-1-3-6-11)17-14(13)7-4-8-15-10-14;/h1-3,5-6,9,15H,4,7-8,10H2;1H. The summed E-state index contributed by atoms with van der Waals surface area (Å²) >= 11 is 0. The van der Waals surface area contributed by atoms with Gasteiger partial charge in [-0.3, -0.25) is 4.79 Å². The smallest absolute Gasteiger partial charge is 0.204 e. The van der Waals surface area contributed by atoms with Crippen LogP contribution in [0.3, 0.4) is 0 Å². The van der Waals surface area contributed by atoms with Crippen molar-refractivity contribution in [3.05, 3.63) is 42.0 Å². The van der Waals surface area contributed by atoms with E-state index in [0.29, 0.717) is 12.3 Å². The van der Waals surface area contributed by atoms with Crippen LogP contribution in [0.1, 0.15) is 18.4 Å². The van der Waals surface area contributed by atoms with Gasteiger partial charge in [0, 0.05) is 18.2 Å². The van der Waals surface area contributed by atoms with E-state index in [4.69, 9.17) is 4.74 Å². The molecule has 0 bridgehead atoms.